The predicted molar refractivity (Wildman–Crippen MR) is 110 cm³/mol. The van der Waals surface area contributed by atoms with Crippen molar-refractivity contribution in [2.24, 2.45) is 0 Å². The topological polar surface area (TPSA) is 50.6 Å². The summed E-state index contributed by atoms with van der Waals surface area (Å²) in [5.41, 5.74) is 1.95. The van der Waals surface area contributed by atoms with Crippen molar-refractivity contribution in [2.45, 2.75) is 38.1 Å². The maximum atomic E-state index is 13.2. The molecule has 0 spiro atoms. The number of aromatic nitrogens is 2. The van der Waals surface area contributed by atoms with E-state index in [0.717, 1.165) is 62.6 Å². The van der Waals surface area contributed by atoms with Crippen LogP contribution >= 0.6 is 0 Å². The van der Waals surface area contributed by atoms with Crippen molar-refractivity contribution >= 4 is 11.6 Å². The summed E-state index contributed by atoms with van der Waals surface area (Å²) < 4.78 is 7.39. The molecule has 0 radical (unpaired) electrons. The minimum absolute atomic E-state index is 0.170. The molecule has 3 heterocycles. The number of carbonyl (C=O) groups excluding carboxylic acids is 1. The van der Waals surface area contributed by atoms with Gasteiger partial charge in [-0.25, -0.2) is 4.98 Å². The molecule has 6 heteroatoms. The Morgan fingerprint density at radius 1 is 1.14 bits per heavy atom. The summed E-state index contributed by atoms with van der Waals surface area (Å²) in [4.78, 5) is 22.2. The van der Waals surface area contributed by atoms with E-state index in [9.17, 15) is 4.79 Å². The molecule has 0 bridgehead atoms. The van der Waals surface area contributed by atoms with Gasteiger partial charge in [-0.2, -0.15) is 0 Å². The fourth-order valence-corrected chi connectivity index (χ4v) is 4.46. The Morgan fingerprint density at radius 2 is 1.89 bits per heavy atom. The van der Waals surface area contributed by atoms with E-state index in [1.807, 2.05) is 35.5 Å². The van der Waals surface area contributed by atoms with Gasteiger partial charge in [-0.3, -0.25) is 4.79 Å². The average Bonchev–Trinajstić information content (AvgIpc) is 3.44. The van der Waals surface area contributed by atoms with Crippen LogP contribution in [-0.4, -0.2) is 60.3 Å². The summed E-state index contributed by atoms with van der Waals surface area (Å²) in [7, 11) is 1.72. The molecule has 0 atom stereocenters. The van der Waals surface area contributed by atoms with Crippen LogP contribution in [0.2, 0.25) is 0 Å². The molecule has 2 aliphatic rings. The number of piperidine rings is 1. The summed E-state index contributed by atoms with van der Waals surface area (Å²) in [6, 6.07) is 8.10. The number of carbonyl (C=O) groups is 1. The fourth-order valence-electron chi connectivity index (χ4n) is 4.46. The van der Waals surface area contributed by atoms with Gasteiger partial charge in [0.2, 0.25) is 0 Å². The number of para-hydroxylation sites is 1. The third-order valence-corrected chi connectivity index (χ3v) is 6.01. The van der Waals surface area contributed by atoms with E-state index in [1.165, 1.54) is 12.8 Å². The predicted octanol–water partition coefficient (Wildman–Crippen LogP) is 3.15. The molecule has 2 aliphatic heterocycles. The molecule has 0 unspecified atom stereocenters. The number of anilines is 1. The summed E-state index contributed by atoms with van der Waals surface area (Å²) in [5.74, 6) is 1.70. The summed E-state index contributed by atoms with van der Waals surface area (Å²) in [5, 5.41) is 0. The van der Waals surface area contributed by atoms with Crippen molar-refractivity contribution in [3.05, 3.63) is 48.0 Å². The molecule has 2 aromatic rings. The molecule has 150 valence electrons. The van der Waals surface area contributed by atoms with E-state index in [4.69, 9.17) is 4.74 Å². The highest BCUT2D eigenvalue weighted by molar-refractivity contribution is 6.00. The van der Waals surface area contributed by atoms with Gasteiger partial charge in [0, 0.05) is 63.8 Å². The van der Waals surface area contributed by atoms with E-state index >= 15 is 0 Å². The van der Waals surface area contributed by atoms with E-state index in [1.54, 1.807) is 7.11 Å². The monoisotopic (exact) mass is 382 g/mol. The number of amides is 1. The zero-order chi connectivity index (χ0) is 19.3. The second-order valence-electron chi connectivity index (χ2n) is 7.75. The van der Waals surface area contributed by atoms with Crippen LogP contribution in [0.15, 0.2) is 36.7 Å². The molecule has 1 aromatic heterocycles. The number of rotatable bonds is 6. The maximum Gasteiger partial charge on any atom is 0.255 e. The first kappa shape index (κ1) is 19.0. The SMILES string of the molecule is COCCn1ccnc1C1CCN(C(=O)c2ccccc2N2CCCC2)CC1. The van der Waals surface area contributed by atoms with Gasteiger partial charge < -0.3 is 19.1 Å². The van der Waals surface area contributed by atoms with Crippen LogP contribution in [0.1, 0.15) is 47.8 Å². The number of imidazole rings is 1. The largest absolute Gasteiger partial charge is 0.383 e. The van der Waals surface area contributed by atoms with Gasteiger partial charge in [0.15, 0.2) is 0 Å². The van der Waals surface area contributed by atoms with Gasteiger partial charge in [0.1, 0.15) is 5.82 Å². The Balaban J connectivity index is 1.42. The smallest absolute Gasteiger partial charge is 0.255 e. The van der Waals surface area contributed by atoms with Gasteiger partial charge in [0.05, 0.1) is 12.2 Å². The first-order valence-electron chi connectivity index (χ1n) is 10.4. The number of hydrogen-bond donors (Lipinski definition) is 0. The Kier molecular flexibility index (Phi) is 5.95. The highest BCUT2D eigenvalue weighted by Gasteiger charge is 2.29. The van der Waals surface area contributed by atoms with E-state index in [2.05, 4.69) is 20.5 Å². The maximum absolute atomic E-state index is 13.2. The lowest BCUT2D eigenvalue weighted by Crippen LogP contribution is -2.39. The Bertz CT molecular complexity index is 789. The highest BCUT2D eigenvalue weighted by atomic mass is 16.5. The van der Waals surface area contributed by atoms with Crippen LogP contribution in [-0.2, 0) is 11.3 Å². The highest BCUT2D eigenvalue weighted by Crippen LogP contribution is 2.30. The zero-order valence-electron chi connectivity index (χ0n) is 16.7. The molecule has 1 amide bonds. The van der Waals surface area contributed by atoms with Gasteiger partial charge >= 0.3 is 0 Å². The summed E-state index contributed by atoms with van der Waals surface area (Å²) in [6.45, 7) is 5.19. The second-order valence-corrected chi connectivity index (χ2v) is 7.75. The van der Waals surface area contributed by atoms with Crippen molar-refractivity contribution in [1.82, 2.24) is 14.5 Å². The number of ether oxygens (including phenoxy) is 1. The first-order valence-corrected chi connectivity index (χ1v) is 10.4. The van der Waals surface area contributed by atoms with Crippen LogP contribution in [0.4, 0.5) is 5.69 Å². The van der Waals surface area contributed by atoms with Gasteiger partial charge in [0.25, 0.3) is 5.91 Å². The van der Waals surface area contributed by atoms with E-state index in [0.29, 0.717) is 12.5 Å². The number of hydrogen-bond acceptors (Lipinski definition) is 4. The van der Waals surface area contributed by atoms with Gasteiger partial charge in [-0.05, 0) is 37.8 Å². The van der Waals surface area contributed by atoms with Crippen LogP contribution in [0.3, 0.4) is 0 Å². The first-order chi connectivity index (χ1) is 13.8. The van der Waals surface area contributed by atoms with Crippen molar-refractivity contribution in [2.75, 3.05) is 44.8 Å². The van der Waals surface area contributed by atoms with Gasteiger partial charge in [-0.15, -0.1) is 0 Å². The zero-order valence-corrected chi connectivity index (χ0v) is 16.7. The number of benzene rings is 1. The third kappa shape index (κ3) is 3.92. The quantitative estimate of drug-likeness (QED) is 0.770. The average molecular weight is 383 g/mol. The fraction of sp³-hybridized carbons (Fsp3) is 0.545. The summed E-state index contributed by atoms with van der Waals surface area (Å²) >= 11 is 0. The molecular weight excluding hydrogens is 352 g/mol. The Hall–Kier alpha value is -2.34. The number of nitrogens with zero attached hydrogens (tertiary/aromatic N) is 4. The molecule has 0 saturated carbocycles. The molecule has 0 N–H and O–H groups in total. The standard InChI is InChI=1S/C22H30N4O2/c1-28-17-16-25-15-10-23-21(25)18-8-13-26(14-9-18)22(27)19-6-2-3-7-20(19)24-11-4-5-12-24/h2-3,6-7,10,15,18H,4-5,8-9,11-14,16-17H2,1H3. The van der Waals surface area contributed by atoms with Crippen molar-refractivity contribution in [1.29, 1.82) is 0 Å². The van der Waals surface area contributed by atoms with Crippen LogP contribution in [0.5, 0.6) is 0 Å². The molecule has 28 heavy (non-hydrogen) atoms. The van der Waals surface area contributed by atoms with Crippen LogP contribution < -0.4 is 4.90 Å². The molecule has 2 fully saturated rings. The number of methoxy groups -OCH3 is 1. The van der Waals surface area contributed by atoms with Crippen molar-refractivity contribution in [3.8, 4) is 0 Å². The van der Waals surface area contributed by atoms with Crippen molar-refractivity contribution < 1.29 is 9.53 Å². The van der Waals surface area contributed by atoms with E-state index in [-0.39, 0.29) is 5.91 Å². The minimum Gasteiger partial charge on any atom is -0.383 e. The molecule has 4 rings (SSSR count). The van der Waals surface area contributed by atoms with Crippen LogP contribution in [0.25, 0.3) is 0 Å². The summed E-state index contributed by atoms with van der Waals surface area (Å²) in [6.07, 6.45) is 8.24. The van der Waals surface area contributed by atoms with Crippen molar-refractivity contribution in [3.63, 3.8) is 0 Å². The molecule has 6 nitrogen and oxygen atoms in total. The lowest BCUT2D eigenvalue weighted by Gasteiger charge is -2.33. The van der Waals surface area contributed by atoms with Gasteiger partial charge in [-0.1, -0.05) is 12.1 Å². The number of likely N-dealkylation sites (tertiary alicyclic amines) is 1. The molecule has 2 saturated heterocycles. The Morgan fingerprint density at radius 3 is 2.64 bits per heavy atom. The minimum atomic E-state index is 0.170. The normalized spacial score (nSPS) is 18.0. The third-order valence-electron chi connectivity index (χ3n) is 6.01. The van der Waals surface area contributed by atoms with Crippen LogP contribution in [0, 0.1) is 0 Å². The Labute approximate surface area is 167 Å². The molecule has 1 aromatic carbocycles. The van der Waals surface area contributed by atoms with E-state index < -0.39 is 0 Å². The lowest BCUT2D eigenvalue weighted by molar-refractivity contribution is 0.0710. The molecule has 0 aliphatic carbocycles. The molecular formula is C22H30N4O2. The second kappa shape index (κ2) is 8.78. The lowest BCUT2D eigenvalue weighted by atomic mass is 9.95.